The molecule has 0 bridgehead atoms. The van der Waals surface area contributed by atoms with Gasteiger partial charge in [-0.2, -0.15) is 8.42 Å². The fourth-order valence-corrected chi connectivity index (χ4v) is 9.45. The number of rotatable bonds is 8. The van der Waals surface area contributed by atoms with Gasteiger partial charge in [-0.15, -0.1) is 0 Å². The van der Waals surface area contributed by atoms with E-state index in [0.29, 0.717) is 26.2 Å². The Bertz CT molecular complexity index is 1470. The Morgan fingerprint density at radius 2 is 0.975 bits per heavy atom. The summed E-state index contributed by atoms with van der Waals surface area (Å²) in [6.07, 6.45) is 0. The highest BCUT2D eigenvalue weighted by molar-refractivity contribution is 8.33. The first-order chi connectivity index (χ1) is 18.7. The van der Waals surface area contributed by atoms with Crippen LogP contribution < -0.4 is 9.47 Å². The van der Waals surface area contributed by atoms with Crippen molar-refractivity contribution in [1.82, 2.24) is 0 Å². The number of hydrogen-bond acceptors (Lipinski definition) is 5. The summed E-state index contributed by atoms with van der Waals surface area (Å²) in [4.78, 5) is 1.55. The fourth-order valence-electron chi connectivity index (χ4n) is 4.08. The van der Waals surface area contributed by atoms with Crippen LogP contribution in [0.25, 0.3) is 0 Å². The third kappa shape index (κ3) is 6.69. The van der Waals surface area contributed by atoms with Crippen molar-refractivity contribution in [2.24, 2.45) is 0 Å². The predicted octanol–water partition coefficient (Wildman–Crippen LogP) is 8.78. The van der Waals surface area contributed by atoms with E-state index in [1.807, 2.05) is 108 Å². The van der Waals surface area contributed by atoms with Gasteiger partial charge in [-0.05, 0) is 113 Å². The first-order valence-electron chi connectivity index (χ1n) is 12.9. The Labute approximate surface area is 238 Å². The largest absolute Gasteiger partial charge is 0.487 e. The van der Waals surface area contributed by atoms with E-state index in [-0.39, 0.29) is 4.90 Å². The minimum absolute atomic E-state index is 0.162. The lowest BCUT2D eigenvalue weighted by Gasteiger charge is -2.42. The van der Waals surface area contributed by atoms with Crippen molar-refractivity contribution < 1.29 is 25.9 Å². The molecule has 4 aromatic rings. The van der Waals surface area contributed by atoms with Crippen LogP contribution in [0.5, 0.6) is 11.5 Å². The molecule has 0 saturated heterocycles. The monoisotopic (exact) mass is 582 g/mol. The molecule has 212 valence electrons. The standard InChI is InChI=1S/C32H35FO5S2/c1-31(2,3)36-28-18-13-19-29(37-32(4,5)6)30(28)39(25-14-9-7-10-15-25,26-16-11-8-12-17-26)38-40(34,35)27-22-20-24(33)21-23-27/h7-23H,1-6H3. The average molecular weight is 583 g/mol. The number of ether oxygens (including phenoxy) is 2. The molecule has 5 nitrogen and oxygen atoms in total. The molecule has 0 aliphatic rings. The maximum atomic E-state index is 14.1. The van der Waals surface area contributed by atoms with Crippen LogP contribution in [0, 0.1) is 5.82 Å². The van der Waals surface area contributed by atoms with Gasteiger partial charge in [0.1, 0.15) is 33.4 Å². The molecule has 4 aromatic carbocycles. The molecule has 0 saturated carbocycles. The Balaban J connectivity index is 2.16. The second-order valence-electron chi connectivity index (χ2n) is 11.2. The van der Waals surface area contributed by atoms with Gasteiger partial charge in [0.25, 0.3) is 0 Å². The number of halogens is 1. The van der Waals surface area contributed by atoms with Crippen LogP contribution in [-0.2, 0) is 13.7 Å². The van der Waals surface area contributed by atoms with Gasteiger partial charge in [0.05, 0.1) is 4.90 Å². The van der Waals surface area contributed by atoms with Crippen LogP contribution in [0.15, 0.2) is 123 Å². The summed E-state index contributed by atoms with van der Waals surface area (Å²) in [5, 5.41) is 0. The topological polar surface area (TPSA) is 61.8 Å². The molecule has 0 heterocycles. The Hall–Kier alpha value is -3.33. The minimum Gasteiger partial charge on any atom is -0.487 e. The van der Waals surface area contributed by atoms with Crippen LogP contribution >= 0.6 is 10.3 Å². The maximum Gasteiger partial charge on any atom is 0.307 e. The van der Waals surface area contributed by atoms with E-state index in [9.17, 15) is 12.8 Å². The van der Waals surface area contributed by atoms with Crippen molar-refractivity contribution in [3.05, 3.63) is 109 Å². The molecule has 4 rings (SSSR count). The van der Waals surface area contributed by atoms with Crippen molar-refractivity contribution >= 4 is 20.4 Å². The summed E-state index contributed by atoms with van der Waals surface area (Å²) < 4.78 is 61.4. The lowest BCUT2D eigenvalue weighted by atomic mass is 10.2. The molecule has 0 atom stereocenters. The Morgan fingerprint density at radius 3 is 1.38 bits per heavy atom. The van der Waals surface area contributed by atoms with E-state index in [0.717, 1.165) is 12.1 Å². The zero-order valence-electron chi connectivity index (χ0n) is 23.6. The van der Waals surface area contributed by atoms with Crippen LogP contribution in [0.2, 0.25) is 0 Å². The van der Waals surface area contributed by atoms with Gasteiger partial charge < -0.3 is 9.47 Å². The van der Waals surface area contributed by atoms with Crippen LogP contribution in [0.4, 0.5) is 4.39 Å². The SMILES string of the molecule is CC(C)(C)Oc1cccc(OC(C)(C)C)c1S(OS(=O)(=O)c1ccc(F)cc1)(c1ccccc1)c1ccccc1. The van der Waals surface area contributed by atoms with Crippen LogP contribution in [0.3, 0.4) is 0 Å². The molecule has 0 spiro atoms. The van der Waals surface area contributed by atoms with Gasteiger partial charge in [-0.25, -0.2) is 8.02 Å². The van der Waals surface area contributed by atoms with E-state index in [4.69, 9.17) is 13.1 Å². The molecule has 0 amide bonds. The lowest BCUT2D eigenvalue weighted by Crippen LogP contribution is -2.27. The fraction of sp³-hybridized carbons (Fsp3) is 0.250. The summed E-state index contributed by atoms with van der Waals surface area (Å²) in [6.45, 7) is 11.5. The molecule has 40 heavy (non-hydrogen) atoms. The van der Waals surface area contributed by atoms with Crippen molar-refractivity contribution in [3.63, 3.8) is 0 Å². The maximum absolute atomic E-state index is 14.1. The van der Waals surface area contributed by atoms with Crippen LogP contribution in [-0.4, -0.2) is 19.6 Å². The third-order valence-electron chi connectivity index (χ3n) is 5.51. The third-order valence-corrected chi connectivity index (χ3v) is 10.7. The van der Waals surface area contributed by atoms with E-state index in [1.165, 1.54) is 12.1 Å². The van der Waals surface area contributed by atoms with Crippen LogP contribution in [0.1, 0.15) is 41.5 Å². The summed E-state index contributed by atoms with van der Waals surface area (Å²) in [5.74, 6) is 0.325. The van der Waals surface area contributed by atoms with Crippen molar-refractivity contribution in [1.29, 1.82) is 0 Å². The molecule has 0 aromatic heterocycles. The highest BCUT2D eigenvalue weighted by Crippen LogP contribution is 2.74. The highest BCUT2D eigenvalue weighted by Gasteiger charge is 2.43. The van der Waals surface area contributed by atoms with Gasteiger partial charge in [-0.1, -0.05) is 42.5 Å². The van der Waals surface area contributed by atoms with Gasteiger partial charge in [0, 0.05) is 9.79 Å². The quantitative estimate of drug-likeness (QED) is 0.208. The smallest absolute Gasteiger partial charge is 0.307 e. The lowest BCUT2D eigenvalue weighted by molar-refractivity contribution is 0.113. The zero-order valence-corrected chi connectivity index (χ0v) is 25.2. The van der Waals surface area contributed by atoms with Crippen molar-refractivity contribution in [2.45, 2.75) is 72.3 Å². The van der Waals surface area contributed by atoms with Gasteiger partial charge in [-0.3, -0.25) is 0 Å². The first-order valence-corrected chi connectivity index (χ1v) is 15.8. The number of benzene rings is 4. The summed E-state index contributed by atoms with van der Waals surface area (Å²) in [5.41, 5.74) is -1.24. The second-order valence-corrected chi connectivity index (χ2v) is 15.6. The van der Waals surface area contributed by atoms with E-state index in [1.54, 1.807) is 12.1 Å². The summed E-state index contributed by atoms with van der Waals surface area (Å²) >= 11 is 0. The van der Waals surface area contributed by atoms with E-state index >= 15 is 0 Å². The number of hydrogen-bond donors (Lipinski definition) is 0. The van der Waals surface area contributed by atoms with Crippen molar-refractivity contribution in [2.75, 3.05) is 0 Å². The Kier molecular flexibility index (Phi) is 8.36. The molecule has 8 heteroatoms. The summed E-state index contributed by atoms with van der Waals surface area (Å²) in [7, 11) is -7.53. The van der Waals surface area contributed by atoms with E-state index in [2.05, 4.69) is 0 Å². The van der Waals surface area contributed by atoms with Gasteiger partial charge in [0.15, 0.2) is 0 Å². The highest BCUT2D eigenvalue weighted by atomic mass is 32.3. The van der Waals surface area contributed by atoms with Crippen molar-refractivity contribution in [3.8, 4) is 11.5 Å². The van der Waals surface area contributed by atoms with Gasteiger partial charge >= 0.3 is 10.1 Å². The minimum atomic E-state index is -4.44. The summed E-state index contributed by atoms with van der Waals surface area (Å²) in [6, 6.07) is 28.5. The normalized spacial score (nSPS) is 13.1. The molecule has 0 unspecified atom stereocenters. The molecular weight excluding hydrogens is 547 g/mol. The molecule has 0 fully saturated rings. The molecule has 0 radical (unpaired) electrons. The van der Waals surface area contributed by atoms with E-state index < -0.39 is 37.4 Å². The first kappa shape index (κ1) is 29.6. The zero-order chi connectivity index (χ0) is 29.2. The molecule has 0 aliphatic carbocycles. The predicted molar refractivity (Wildman–Crippen MR) is 157 cm³/mol. The molecule has 0 aliphatic heterocycles. The second kappa shape index (κ2) is 11.3. The molecular formula is C32H35FO5S2. The average Bonchev–Trinajstić information content (AvgIpc) is 2.87. The Morgan fingerprint density at radius 1 is 0.550 bits per heavy atom. The van der Waals surface area contributed by atoms with Gasteiger partial charge in [0.2, 0.25) is 0 Å². The molecule has 0 N–H and O–H groups in total.